The molecule has 1 aromatic heterocycles. The fourth-order valence-electron chi connectivity index (χ4n) is 7.80. The Kier molecular flexibility index (Phi) is 6.79. The van der Waals surface area contributed by atoms with E-state index in [0.717, 1.165) is 75.8 Å². The number of nitrogens with zero attached hydrogens (tertiary/aromatic N) is 3. The number of amides is 1. The smallest absolute Gasteiger partial charge is 0.251 e. The first-order valence-electron chi connectivity index (χ1n) is 15.3. The van der Waals surface area contributed by atoms with Gasteiger partial charge >= 0.3 is 0 Å². The maximum Gasteiger partial charge on any atom is 0.251 e. The van der Waals surface area contributed by atoms with Crippen molar-refractivity contribution in [2.45, 2.75) is 64.1 Å². The number of fused-ring (bicyclic) bond motifs is 1. The molecule has 214 valence electrons. The molecule has 7 nitrogen and oxygen atoms in total. The number of piperidine rings is 1. The fourth-order valence-corrected chi connectivity index (χ4v) is 7.80. The average Bonchev–Trinajstić information content (AvgIpc) is 3.66. The number of aromatic amines is 1. The second kappa shape index (κ2) is 10.5. The Bertz CT molecular complexity index is 1470. The Hall–Kier alpha value is -3.34. The number of carbonyl (C=O) groups excluding carboxylic acids is 1. The largest absolute Gasteiger partial charge is 0.496 e. The molecule has 4 fully saturated rings. The first-order valence-corrected chi connectivity index (χ1v) is 15.3. The van der Waals surface area contributed by atoms with Crippen molar-refractivity contribution in [3.8, 4) is 11.8 Å². The van der Waals surface area contributed by atoms with Crippen LogP contribution in [0.25, 0.3) is 10.9 Å². The molecule has 0 bridgehead atoms. The van der Waals surface area contributed by atoms with Gasteiger partial charge < -0.3 is 15.0 Å². The molecular formula is C34H41N5O2. The second-order valence-electron chi connectivity index (χ2n) is 13.2. The molecule has 2 saturated heterocycles. The van der Waals surface area contributed by atoms with Gasteiger partial charge in [-0.2, -0.15) is 5.26 Å². The number of hydrogen-bond acceptors (Lipinski definition) is 5. The summed E-state index contributed by atoms with van der Waals surface area (Å²) >= 11 is 0. The summed E-state index contributed by atoms with van der Waals surface area (Å²) < 4.78 is 5.88. The topological polar surface area (TPSA) is 84.4 Å². The minimum atomic E-state index is 0.0217. The highest BCUT2D eigenvalue weighted by Crippen LogP contribution is 2.57. The molecule has 1 amide bonds. The Labute approximate surface area is 242 Å². The number of benzene rings is 2. The predicted octanol–water partition coefficient (Wildman–Crippen LogP) is 5.57. The van der Waals surface area contributed by atoms with Gasteiger partial charge in [-0.05, 0) is 92.8 Å². The Morgan fingerprint density at radius 1 is 1.17 bits per heavy atom. The molecule has 2 aliphatic carbocycles. The van der Waals surface area contributed by atoms with E-state index in [1.807, 2.05) is 18.3 Å². The summed E-state index contributed by atoms with van der Waals surface area (Å²) in [6.07, 6.45) is 8.87. The van der Waals surface area contributed by atoms with Crippen LogP contribution in [0.2, 0.25) is 0 Å². The van der Waals surface area contributed by atoms with E-state index in [4.69, 9.17) is 4.74 Å². The van der Waals surface area contributed by atoms with Gasteiger partial charge in [0.1, 0.15) is 5.75 Å². The Morgan fingerprint density at radius 3 is 2.66 bits per heavy atom. The van der Waals surface area contributed by atoms with Crippen LogP contribution in [0, 0.1) is 35.5 Å². The van der Waals surface area contributed by atoms with Crippen molar-refractivity contribution in [1.29, 1.82) is 5.26 Å². The van der Waals surface area contributed by atoms with E-state index in [2.05, 4.69) is 57.4 Å². The molecule has 0 radical (unpaired) electrons. The van der Waals surface area contributed by atoms with E-state index in [0.29, 0.717) is 5.92 Å². The van der Waals surface area contributed by atoms with E-state index in [9.17, 15) is 10.1 Å². The van der Waals surface area contributed by atoms with E-state index < -0.39 is 0 Å². The molecule has 7 heteroatoms. The predicted molar refractivity (Wildman–Crippen MR) is 160 cm³/mol. The van der Waals surface area contributed by atoms with Gasteiger partial charge in [0.05, 0.1) is 13.2 Å². The molecule has 2 saturated carbocycles. The van der Waals surface area contributed by atoms with Crippen LogP contribution in [0.3, 0.4) is 0 Å². The Balaban J connectivity index is 1.09. The summed E-state index contributed by atoms with van der Waals surface area (Å²) in [4.78, 5) is 21.5. The van der Waals surface area contributed by atoms with Gasteiger partial charge in [-0.15, -0.1) is 0 Å². The minimum Gasteiger partial charge on any atom is -0.496 e. The molecule has 1 atom stereocenters. The van der Waals surface area contributed by atoms with Crippen molar-refractivity contribution in [3.63, 3.8) is 0 Å². The first kappa shape index (κ1) is 26.6. The molecule has 3 heterocycles. The Morgan fingerprint density at radius 2 is 1.95 bits per heavy atom. The summed E-state index contributed by atoms with van der Waals surface area (Å²) in [5.74, 6) is 1.72. The number of hydrogen-bond donors (Lipinski definition) is 2. The van der Waals surface area contributed by atoms with E-state index in [1.54, 1.807) is 7.11 Å². The van der Waals surface area contributed by atoms with Crippen LogP contribution in [0.15, 0.2) is 42.6 Å². The standard InChI is InChI=1S/C34H41N5O2/c1-22-13-31(41-2)29(28-9-11-36-32(22)28)21-38-12-10-34(14-23(15-34)17-35)16-30(38)25-3-5-26(6-4-25)33(40)37-18-24-19-39(20-24)27-7-8-27/h3-6,9,11,13,23-24,27,30,36H,7-8,10,12,14-16,18-21H2,1-2H3,(H,37,40)/t23?,30-,34?/m0/s1. The van der Waals surface area contributed by atoms with Crippen molar-refractivity contribution in [2.24, 2.45) is 17.3 Å². The number of carbonyl (C=O) groups is 1. The van der Waals surface area contributed by atoms with Gasteiger partial charge in [0, 0.05) is 78.3 Å². The van der Waals surface area contributed by atoms with Crippen molar-refractivity contribution >= 4 is 16.8 Å². The molecule has 41 heavy (non-hydrogen) atoms. The SMILES string of the molecule is COc1cc(C)c2[nH]ccc2c1CN1CCC2(CC(C#N)C2)C[C@H]1c1ccc(C(=O)NCC2CN(C3CC3)C2)cc1. The van der Waals surface area contributed by atoms with Gasteiger partial charge in [0.25, 0.3) is 5.91 Å². The fraction of sp³-hybridized carbons (Fsp3) is 0.529. The lowest BCUT2D eigenvalue weighted by Crippen LogP contribution is -2.52. The second-order valence-corrected chi connectivity index (χ2v) is 13.2. The van der Waals surface area contributed by atoms with Crippen LogP contribution in [-0.2, 0) is 6.54 Å². The van der Waals surface area contributed by atoms with Gasteiger partial charge in [0.15, 0.2) is 0 Å². The lowest BCUT2D eigenvalue weighted by atomic mass is 9.56. The molecule has 2 N–H and O–H groups in total. The highest BCUT2D eigenvalue weighted by Gasteiger charge is 2.49. The van der Waals surface area contributed by atoms with Crippen molar-refractivity contribution in [3.05, 3.63) is 64.8 Å². The van der Waals surface area contributed by atoms with E-state index in [-0.39, 0.29) is 23.3 Å². The van der Waals surface area contributed by atoms with Crippen molar-refractivity contribution in [2.75, 3.05) is 33.3 Å². The molecule has 7 rings (SSSR count). The summed E-state index contributed by atoms with van der Waals surface area (Å²) in [7, 11) is 1.76. The summed E-state index contributed by atoms with van der Waals surface area (Å²) in [5, 5.41) is 13.9. The number of nitriles is 1. The van der Waals surface area contributed by atoms with Crippen LogP contribution in [0.1, 0.15) is 71.6 Å². The number of methoxy groups -OCH3 is 1. The number of H-pyrrole nitrogens is 1. The first-order chi connectivity index (χ1) is 19.9. The highest BCUT2D eigenvalue weighted by atomic mass is 16.5. The quantitative estimate of drug-likeness (QED) is 0.383. The van der Waals surface area contributed by atoms with E-state index in [1.165, 1.54) is 40.4 Å². The highest BCUT2D eigenvalue weighted by molar-refractivity contribution is 5.94. The molecule has 2 aromatic carbocycles. The van der Waals surface area contributed by atoms with Crippen LogP contribution >= 0.6 is 0 Å². The van der Waals surface area contributed by atoms with Crippen LogP contribution in [0.5, 0.6) is 5.75 Å². The van der Waals surface area contributed by atoms with Gasteiger partial charge in [-0.25, -0.2) is 0 Å². The molecule has 3 aromatic rings. The average molecular weight is 552 g/mol. The van der Waals surface area contributed by atoms with Crippen LogP contribution < -0.4 is 10.1 Å². The zero-order chi connectivity index (χ0) is 28.1. The molecule has 2 aliphatic heterocycles. The van der Waals surface area contributed by atoms with Crippen LogP contribution in [0.4, 0.5) is 0 Å². The number of aromatic nitrogens is 1. The third kappa shape index (κ3) is 5.02. The third-order valence-electron chi connectivity index (χ3n) is 10.4. The van der Waals surface area contributed by atoms with Gasteiger partial charge in [-0.1, -0.05) is 12.1 Å². The van der Waals surface area contributed by atoms with Crippen molar-refractivity contribution in [1.82, 2.24) is 20.1 Å². The zero-order valence-electron chi connectivity index (χ0n) is 24.3. The molecule has 4 aliphatic rings. The van der Waals surface area contributed by atoms with Gasteiger partial charge in [-0.3, -0.25) is 14.6 Å². The molecule has 0 unspecified atom stereocenters. The summed E-state index contributed by atoms with van der Waals surface area (Å²) in [6.45, 7) is 6.89. The third-order valence-corrected chi connectivity index (χ3v) is 10.4. The van der Waals surface area contributed by atoms with Gasteiger partial charge in [0.2, 0.25) is 0 Å². The van der Waals surface area contributed by atoms with E-state index >= 15 is 0 Å². The zero-order valence-corrected chi connectivity index (χ0v) is 24.3. The monoisotopic (exact) mass is 551 g/mol. The normalized spacial score (nSPS) is 26.9. The lowest BCUT2D eigenvalue weighted by molar-refractivity contribution is -0.0298. The number of ether oxygens (including phenoxy) is 1. The summed E-state index contributed by atoms with van der Waals surface area (Å²) in [5.41, 5.74) is 5.78. The number of rotatable bonds is 8. The maximum absolute atomic E-state index is 13.0. The number of aryl methyl sites for hydroxylation is 1. The van der Waals surface area contributed by atoms with Crippen LogP contribution in [-0.4, -0.2) is 60.0 Å². The lowest BCUT2D eigenvalue weighted by Gasteiger charge is -2.53. The minimum absolute atomic E-state index is 0.0217. The molecule has 1 spiro atoms. The number of nitrogens with one attached hydrogen (secondary N) is 2. The van der Waals surface area contributed by atoms with Crippen molar-refractivity contribution < 1.29 is 9.53 Å². The maximum atomic E-state index is 13.0. The number of likely N-dealkylation sites (tertiary alicyclic amines) is 2. The molecular weight excluding hydrogens is 510 g/mol. The summed E-state index contributed by atoms with van der Waals surface area (Å²) in [6, 6.07) is 16.1.